The maximum absolute atomic E-state index is 12.7. The van der Waals surface area contributed by atoms with Crippen LogP contribution in [0.15, 0.2) is 66.7 Å². The Bertz CT molecular complexity index is 858. The molecule has 2 bridgehead atoms. The van der Waals surface area contributed by atoms with Gasteiger partial charge in [0.15, 0.2) is 0 Å². The molecule has 2 aromatic carbocycles. The van der Waals surface area contributed by atoms with Gasteiger partial charge < -0.3 is 0 Å². The first kappa shape index (κ1) is 14.4. The van der Waals surface area contributed by atoms with Crippen molar-refractivity contribution in [2.45, 2.75) is 24.6 Å². The lowest BCUT2D eigenvalue weighted by atomic mass is 9.91. The standard InChI is InChI=1S/C20H16N2O3/c23-19-15-8-4-5-9-16(15)20(24)21(19)17-12-14-10-11-18(17)25-22(14)13-6-2-1-3-7-13/h1-11,14,17-18H,12H2/t14-,17+,18+/m0/s1. The van der Waals surface area contributed by atoms with Gasteiger partial charge in [0.25, 0.3) is 11.8 Å². The summed E-state index contributed by atoms with van der Waals surface area (Å²) in [4.78, 5) is 33.0. The van der Waals surface area contributed by atoms with Crippen LogP contribution in [0.5, 0.6) is 0 Å². The van der Waals surface area contributed by atoms with Crippen molar-refractivity contribution in [2.24, 2.45) is 0 Å². The van der Waals surface area contributed by atoms with Crippen LogP contribution in [-0.2, 0) is 4.84 Å². The lowest BCUT2D eigenvalue weighted by Crippen LogP contribution is -2.59. The molecule has 3 atom stereocenters. The van der Waals surface area contributed by atoms with Crippen LogP contribution in [0.3, 0.4) is 0 Å². The molecule has 0 aromatic heterocycles. The zero-order valence-electron chi connectivity index (χ0n) is 13.4. The van der Waals surface area contributed by atoms with Gasteiger partial charge in [0, 0.05) is 0 Å². The van der Waals surface area contributed by atoms with Gasteiger partial charge in [-0.15, -0.1) is 0 Å². The topological polar surface area (TPSA) is 49.9 Å². The van der Waals surface area contributed by atoms with Crippen LogP contribution in [0.1, 0.15) is 27.1 Å². The number of rotatable bonds is 2. The van der Waals surface area contributed by atoms with Crippen LogP contribution in [0.25, 0.3) is 0 Å². The van der Waals surface area contributed by atoms with Crippen LogP contribution >= 0.6 is 0 Å². The van der Waals surface area contributed by atoms with E-state index in [-0.39, 0.29) is 30.0 Å². The Morgan fingerprint density at radius 3 is 2.08 bits per heavy atom. The summed E-state index contributed by atoms with van der Waals surface area (Å²) in [7, 11) is 0. The number of amides is 2. The number of nitrogens with zero attached hydrogens (tertiary/aromatic N) is 2. The molecule has 4 aliphatic rings. The monoisotopic (exact) mass is 332 g/mol. The highest BCUT2D eigenvalue weighted by Gasteiger charge is 2.48. The van der Waals surface area contributed by atoms with E-state index in [4.69, 9.17) is 4.84 Å². The zero-order valence-corrected chi connectivity index (χ0v) is 13.4. The first-order valence-electron chi connectivity index (χ1n) is 8.40. The van der Waals surface area contributed by atoms with Gasteiger partial charge >= 0.3 is 0 Å². The Kier molecular flexibility index (Phi) is 3.05. The minimum Gasteiger partial charge on any atom is -0.269 e. The highest BCUT2D eigenvalue weighted by molar-refractivity contribution is 6.21. The SMILES string of the molecule is O=C1c2ccccc2C(=O)N1[C@@H]1C[C@@H]2C=C[C@H]1ON2c1ccccc1. The van der Waals surface area contributed by atoms with Crippen molar-refractivity contribution >= 4 is 17.5 Å². The highest BCUT2D eigenvalue weighted by atomic mass is 16.7. The smallest absolute Gasteiger partial charge is 0.261 e. The largest absolute Gasteiger partial charge is 0.269 e. The van der Waals surface area contributed by atoms with E-state index >= 15 is 0 Å². The van der Waals surface area contributed by atoms with E-state index in [1.165, 1.54) is 4.90 Å². The third-order valence-corrected chi connectivity index (χ3v) is 5.09. The van der Waals surface area contributed by atoms with E-state index in [1.807, 2.05) is 41.5 Å². The van der Waals surface area contributed by atoms with Crippen LogP contribution in [0, 0.1) is 0 Å². The number of benzene rings is 2. The fourth-order valence-electron chi connectivity index (χ4n) is 3.90. The predicted molar refractivity (Wildman–Crippen MR) is 92.1 cm³/mol. The summed E-state index contributed by atoms with van der Waals surface area (Å²) in [5.74, 6) is -0.442. The van der Waals surface area contributed by atoms with Crippen molar-refractivity contribution in [2.75, 3.05) is 5.06 Å². The Labute approximate surface area is 145 Å². The van der Waals surface area contributed by atoms with Crippen molar-refractivity contribution in [3.63, 3.8) is 0 Å². The lowest BCUT2D eigenvalue weighted by Gasteiger charge is -2.47. The van der Waals surface area contributed by atoms with Gasteiger partial charge in [0.05, 0.1) is 28.9 Å². The lowest BCUT2D eigenvalue weighted by molar-refractivity contribution is -0.0431. The maximum atomic E-state index is 12.7. The number of carbonyl (C=O) groups excluding carboxylic acids is 2. The Morgan fingerprint density at radius 1 is 0.840 bits per heavy atom. The molecule has 1 saturated heterocycles. The predicted octanol–water partition coefficient (Wildman–Crippen LogP) is 2.80. The number of anilines is 1. The second kappa shape index (κ2) is 5.29. The van der Waals surface area contributed by atoms with Gasteiger partial charge in [-0.1, -0.05) is 42.5 Å². The first-order chi connectivity index (χ1) is 12.2. The van der Waals surface area contributed by atoms with Crippen LogP contribution in [-0.4, -0.2) is 34.9 Å². The van der Waals surface area contributed by atoms with Gasteiger partial charge in [0.2, 0.25) is 0 Å². The van der Waals surface area contributed by atoms with Crippen molar-refractivity contribution in [3.8, 4) is 0 Å². The second-order valence-corrected chi connectivity index (χ2v) is 6.51. The minimum atomic E-state index is -0.326. The van der Waals surface area contributed by atoms with Crippen molar-refractivity contribution in [3.05, 3.63) is 77.9 Å². The molecule has 6 rings (SSSR count). The normalized spacial score (nSPS) is 27.1. The quantitative estimate of drug-likeness (QED) is 0.627. The summed E-state index contributed by atoms with van der Waals surface area (Å²) in [5, 5.41) is 1.87. The highest BCUT2D eigenvalue weighted by Crippen LogP contribution is 2.37. The molecule has 3 aliphatic heterocycles. The number of carbonyl (C=O) groups is 2. The number of hydrogen-bond donors (Lipinski definition) is 0. The van der Waals surface area contributed by atoms with Crippen molar-refractivity contribution in [1.29, 1.82) is 0 Å². The molecule has 1 aliphatic carbocycles. The second-order valence-electron chi connectivity index (χ2n) is 6.51. The Balaban J connectivity index is 1.45. The molecular weight excluding hydrogens is 316 g/mol. The molecule has 3 heterocycles. The van der Waals surface area contributed by atoms with E-state index in [0.29, 0.717) is 17.5 Å². The van der Waals surface area contributed by atoms with Crippen LogP contribution in [0.2, 0.25) is 0 Å². The van der Waals surface area contributed by atoms with E-state index in [0.717, 1.165) is 5.69 Å². The van der Waals surface area contributed by atoms with E-state index < -0.39 is 0 Å². The van der Waals surface area contributed by atoms with E-state index in [1.54, 1.807) is 24.3 Å². The molecule has 5 nitrogen and oxygen atoms in total. The van der Waals surface area contributed by atoms with Gasteiger partial charge in [-0.05, 0) is 30.7 Å². The number of hydroxylamine groups is 1. The van der Waals surface area contributed by atoms with E-state index in [9.17, 15) is 9.59 Å². The molecular formula is C20H16N2O3. The van der Waals surface area contributed by atoms with Crippen molar-refractivity contribution < 1.29 is 14.4 Å². The molecule has 2 amide bonds. The summed E-state index contributed by atoms with van der Waals surface area (Å²) >= 11 is 0. The number of fused-ring (bicyclic) bond motifs is 3. The average Bonchev–Trinajstić information content (AvgIpc) is 2.94. The van der Waals surface area contributed by atoms with E-state index in [2.05, 4.69) is 6.08 Å². The molecule has 1 fully saturated rings. The van der Waals surface area contributed by atoms with Crippen molar-refractivity contribution in [1.82, 2.24) is 4.90 Å². The molecule has 0 radical (unpaired) electrons. The fraction of sp³-hybridized carbons (Fsp3) is 0.200. The Morgan fingerprint density at radius 2 is 1.48 bits per heavy atom. The Hall–Kier alpha value is -2.92. The third kappa shape index (κ3) is 2.06. The first-order valence-corrected chi connectivity index (χ1v) is 8.40. The average molecular weight is 332 g/mol. The summed E-state index contributed by atoms with van der Waals surface area (Å²) in [6, 6.07) is 16.6. The third-order valence-electron chi connectivity index (χ3n) is 5.09. The molecule has 0 unspecified atom stereocenters. The summed E-state index contributed by atoms with van der Waals surface area (Å²) in [6.07, 6.45) is 4.39. The number of para-hydroxylation sites is 1. The van der Waals surface area contributed by atoms with Gasteiger partial charge in [-0.2, -0.15) is 0 Å². The number of hydrogen-bond acceptors (Lipinski definition) is 4. The molecule has 25 heavy (non-hydrogen) atoms. The molecule has 124 valence electrons. The molecule has 0 N–H and O–H groups in total. The molecule has 5 heteroatoms. The fourth-order valence-corrected chi connectivity index (χ4v) is 3.90. The zero-order chi connectivity index (χ0) is 17.0. The molecule has 0 saturated carbocycles. The minimum absolute atomic E-state index is 0.00159. The van der Waals surface area contributed by atoms with Crippen LogP contribution in [0.4, 0.5) is 5.69 Å². The summed E-state index contributed by atoms with van der Waals surface area (Å²) in [5.41, 5.74) is 1.94. The van der Waals surface area contributed by atoms with Crippen LogP contribution < -0.4 is 5.06 Å². The number of imide groups is 1. The summed E-state index contributed by atoms with van der Waals surface area (Å²) < 4.78 is 0. The molecule has 0 spiro atoms. The molecule has 2 aromatic rings. The van der Waals surface area contributed by atoms with Gasteiger partial charge in [-0.3, -0.25) is 19.3 Å². The summed E-state index contributed by atoms with van der Waals surface area (Å²) in [6.45, 7) is 0. The maximum Gasteiger partial charge on any atom is 0.261 e. The van der Waals surface area contributed by atoms with Gasteiger partial charge in [0.1, 0.15) is 6.10 Å². The van der Waals surface area contributed by atoms with Gasteiger partial charge in [-0.25, -0.2) is 5.06 Å².